The summed E-state index contributed by atoms with van der Waals surface area (Å²) in [4.78, 5) is 0. The first kappa shape index (κ1) is 17.1. The van der Waals surface area contributed by atoms with Crippen molar-refractivity contribution in [2.24, 2.45) is 0 Å². The minimum Gasteiger partial charge on any atom is -0.393 e. The number of alkyl halides is 2. The van der Waals surface area contributed by atoms with Crippen LogP contribution < -0.4 is 0 Å². The van der Waals surface area contributed by atoms with Gasteiger partial charge < -0.3 is 9.84 Å². The molecule has 2 aromatic carbocycles. The molecule has 0 aromatic heterocycles. The molecular formula is C17H19ClF2O2. The molecular weight excluding hydrogens is 310 g/mol. The number of hydrogen-bond donors (Lipinski definition) is 1. The highest BCUT2D eigenvalue weighted by Gasteiger charge is 2.35. The lowest BCUT2D eigenvalue weighted by molar-refractivity contribution is -0.161. The van der Waals surface area contributed by atoms with Crippen LogP contribution in [0, 0.1) is 6.92 Å². The summed E-state index contributed by atoms with van der Waals surface area (Å²) < 4.78 is 31.5. The Balaban J connectivity index is 2.52. The van der Waals surface area contributed by atoms with Crippen molar-refractivity contribution >= 4 is 22.4 Å². The standard InChI is InChI=1S/C17H19ClF2O2/c1-10-8-11-6-4-5-7-12(11)15(18)14(10)13(9-21)22-17(2,3)16(19)20/h4-8,13,16,21H,9H2,1-3H3. The molecule has 0 fully saturated rings. The predicted molar refractivity (Wildman–Crippen MR) is 84.7 cm³/mol. The molecule has 1 N–H and O–H groups in total. The molecule has 120 valence electrons. The summed E-state index contributed by atoms with van der Waals surface area (Å²) in [7, 11) is 0. The van der Waals surface area contributed by atoms with Crippen molar-refractivity contribution in [3.63, 3.8) is 0 Å². The van der Waals surface area contributed by atoms with Gasteiger partial charge in [0, 0.05) is 10.9 Å². The van der Waals surface area contributed by atoms with E-state index in [-0.39, 0.29) is 0 Å². The van der Waals surface area contributed by atoms with Gasteiger partial charge in [0.2, 0.25) is 0 Å². The summed E-state index contributed by atoms with van der Waals surface area (Å²) >= 11 is 6.45. The van der Waals surface area contributed by atoms with Crippen molar-refractivity contribution in [2.45, 2.75) is 38.9 Å². The summed E-state index contributed by atoms with van der Waals surface area (Å²) in [6.45, 7) is 4.00. The monoisotopic (exact) mass is 328 g/mol. The van der Waals surface area contributed by atoms with E-state index in [0.29, 0.717) is 10.6 Å². The lowest BCUT2D eigenvalue weighted by Crippen LogP contribution is -2.36. The average Bonchev–Trinajstić information content (AvgIpc) is 2.45. The third kappa shape index (κ3) is 3.24. The molecule has 1 atom stereocenters. The minimum atomic E-state index is -2.67. The quantitative estimate of drug-likeness (QED) is 0.846. The van der Waals surface area contributed by atoms with E-state index in [1.807, 2.05) is 37.3 Å². The highest BCUT2D eigenvalue weighted by atomic mass is 35.5. The van der Waals surface area contributed by atoms with E-state index < -0.39 is 24.7 Å². The van der Waals surface area contributed by atoms with Gasteiger partial charge in [-0.1, -0.05) is 41.9 Å². The fourth-order valence-corrected chi connectivity index (χ4v) is 2.90. The SMILES string of the molecule is Cc1cc2ccccc2c(Cl)c1C(CO)OC(C)(C)C(F)F. The van der Waals surface area contributed by atoms with Gasteiger partial charge in [-0.15, -0.1) is 0 Å². The van der Waals surface area contributed by atoms with Gasteiger partial charge in [0.05, 0.1) is 11.6 Å². The van der Waals surface area contributed by atoms with Crippen molar-refractivity contribution in [3.05, 3.63) is 46.5 Å². The molecule has 2 nitrogen and oxygen atoms in total. The minimum absolute atomic E-state index is 0.422. The fourth-order valence-electron chi connectivity index (χ4n) is 2.45. The summed E-state index contributed by atoms with van der Waals surface area (Å²) in [5, 5.41) is 11.8. The van der Waals surface area contributed by atoms with Crippen LogP contribution in [0.15, 0.2) is 30.3 Å². The summed E-state index contributed by atoms with van der Waals surface area (Å²) in [5.41, 5.74) is -0.321. The predicted octanol–water partition coefficient (Wildman–Crippen LogP) is 4.90. The number of hydrogen-bond acceptors (Lipinski definition) is 2. The topological polar surface area (TPSA) is 29.5 Å². The highest BCUT2D eigenvalue weighted by molar-refractivity contribution is 6.36. The van der Waals surface area contributed by atoms with E-state index in [2.05, 4.69) is 0 Å². The maximum absolute atomic E-state index is 13.0. The van der Waals surface area contributed by atoms with E-state index >= 15 is 0 Å². The molecule has 0 aliphatic heterocycles. The Morgan fingerprint density at radius 2 is 1.91 bits per heavy atom. The molecule has 2 aromatic rings. The van der Waals surface area contributed by atoms with Crippen molar-refractivity contribution in [2.75, 3.05) is 6.61 Å². The molecule has 0 bridgehead atoms. The van der Waals surface area contributed by atoms with E-state index in [1.165, 1.54) is 13.8 Å². The van der Waals surface area contributed by atoms with Crippen LogP contribution in [0.2, 0.25) is 5.02 Å². The Morgan fingerprint density at radius 1 is 1.27 bits per heavy atom. The van der Waals surface area contributed by atoms with Gasteiger partial charge in [-0.05, 0) is 31.7 Å². The molecule has 1 unspecified atom stereocenters. The maximum Gasteiger partial charge on any atom is 0.266 e. The van der Waals surface area contributed by atoms with Crippen LogP contribution >= 0.6 is 11.6 Å². The van der Waals surface area contributed by atoms with Crippen molar-refractivity contribution in [3.8, 4) is 0 Å². The zero-order valence-electron chi connectivity index (χ0n) is 12.7. The number of ether oxygens (including phenoxy) is 1. The van der Waals surface area contributed by atoms with Crippen LogP contribution in [0.5, 0.6) is 0 Å². The first-order valence-corrected chi connectivity index (χ1v) is 7.40. The molecule has 5 heteroatoms. The molecule has 0 aliphatic rings. The van der Waals surface area contributed by atoms with Crippen molar-refractivity contribution < 1.29 is 18.6 Å². The van der Waals surface area contributed by atoms with E-state index in [9.17, 15) is 13.9 Å². The third-order valence-corrected chi connectivity index (χ3v) is 4.10. The van der Waals surface area contributed by atoms with Gasteiger partial charge in [0.25, 0.3) is 6.43 Å². The van der Waals surface area contributed by atoms with Crippen LogP contribution in [0.4, 0.5) is 8.78 Å². The second-order valence-electron chi connectivity index (χ2n) is 5.84. The molecule has 0 saturated heterocycles. The fraction of sp³-hybridized carbons (Fsp3) is 0.412. The average molecular weight is 329 g/mol. The second-order valence-corrected chi connectivity index (χ2v) is 6.21. The normalized spacial score (nSPS) is 13.8. The molecule has 0 radical (unpaired) electrons. The Labute approximate surface area is 133 Å². The van der Waals surface area contributed by atoms with Gasteiger partial charge in [-0.3, -0.25) is 0 Å². The van der Waals surface area contributed by atoms with Gasteiger partial charge in [0.15, 0.2) is 0 Å². The van der Waals surface area contributed by atoms with Crippen LogP contribution in [0.3, 0.4) is 0 Å². The Morgan fingerprint density at radius 3 is 2.50 bits per heavy atom. The largest absolute Gasteiger partial charge is 0.393 e. The van der Waals surface area contributed by atoms with Crippen LogP contribution in [0.25, 0.3) is 10.8 Å². The number of halogens is 3. The van der Waals surface area contributed by atoms with Crippen LogP contribution in [-0.4, -0.2) is 23.7 Å². The number of benzene rings is 2. The number of fused-ring (bicyclic) bond motifs is 1. The summed E-state index contributed by atoms with van der Waals surface area (Å²) in [5.74, 6) is 0. The molecule has 22 heavy (non-hydrogen) atoms. The molecule has 0 aliphatic carbocycles. The van der Waals surface area contributed by atoms with E-state index in [4.69, 9.17) is 16.3 Å². The Bertz CT molecular complexity index is 671. The highest BCUT2D eigenvalue weighted by Crippen LogP contribution is 2.38. The van der Waals surface area contributed by atoms with Gasteiger partial charge in [-0.25, -0.2) is 8.78 Å². The number of rotatable bonds is 5. The zero-order valence-corrected chi connectivity index (χ0v) is 13.5. The number of aliphatic hydroxyl groups excluding tert-OH is 1. The summed E-state index contributed by atoms with van der Waals surface area (Å²) in [6.07, 6.45) is -3.57. The maximum atomic E-state index is 13.0. The smallest absolute Gasteiger partial charge is 0.266 e. The van der Waals surface area contributed by atoms with Crippen molar-refractivity contribution in [1.82, 2.24) is 0 Å². The molecule has 0 heterocycles. The molecule has 0 amide bonds. The number of aryl methyl sites for hydroxylation is 1. The van der Waals surface area contributed by atoms with Crippen molar-refractivity contribution in [1.29, 1.82) is 0 Å². The Hall–Kier alpha value is -1.23. The first-order chi connectivity index (χ1) is 10.3. The van der Waals surface area contributed by atoms with E-state index in [0.717, 1.165) is 16.3 Å². The van der Waals surface area contributed by atoms with E-state index in [1.54, 1.807) is 0 Å². The lowest BCUT2D eigenvalue weighted by atomic mass is 9.97. The van der Waals surface area contributed by atoms with Gasteiger partial charge >= 0.3 is 0 Å². The number of aliphatic hydroxyl groups is 1. The molecule has 0 saturated carbocycles. The third-order valence-electron chi connectivity index (χ3n) is 3.69. The zero-order chi connectivity index (χ0) is 16.5. The van der Waals surface area contributed by atoms with Crippen LogP contribution in [0.1, 0.15) is 31.1 Å². The van der Waals surface area contributed by atoms with Gasteiger partial charge in [0.1, 0.15) is 11.7 Å². The Kier molecular flexibility index (Phi) is 5.05. The molecule has 0 spiro atoms. The lowest BCUT2D eigenvalue weighted by Gasteiger charge is -2.31. The summed E-state index contributed by atoms with van der Waals surface area (Å²) in [6, 6.07) is 9.45. The van der Waals surface area contributed by atoms with Gasteiger partial charge in [-0.2, -0.15) is 0 Å². The first-order valence-electron chi connectivity index (χ1n) is 7.02. The van der Waals surface area contributed by atoms with Crippen LogP contribution in [-0.2, 0) is 4.74 Å². The second kappa shape index (κ2) is 6.49. The molecule has 2 rings (SSSR count).